The highest BCUT2D eigenvalue weighted by molar-refractivity contribution is 6.09. The lowest BCUT2D eigenvalue weighted by molar-refractivity contribution is -0.130. The van der Waals surface area contributed by atoms with Gasteiger partial charge in [-0.25, -0.2) is 4.79 Å². The van der Waals surface area contributed by atoms with Crippen LogP contribution in [0.25, 0.3) is 0 Å². The van der Waals surface area contributed by atoms with Gasteiger partial charge in [-0.3, -0.25) is 4.79 Å². The van der Waals surface area contributed by atoms with Gasteiger partial charge >= 0.3 is 6.03 Å². The molecule has 1 N–H and O–H groups in total. The third-order valence-corrected chi connectivity index (χ3v) is 5.84. The van der Waals surface area contributed by atoms with Crippen molar-refractivity contribution in [2.75, 3.05) is 0 Å². The Balaban J connectivity index is 1.49. The van der Waals surface area contributed by atoms with Crippen LogP contribution in [0.15, 0.2) is 82.3 Å². The summed E-state index contributed by atoms with van der Waals surface area (Å²) in [6.07, 6.45) is 2.54. The minimum Gasteiger partial charge on any atom is -0.460 e. The Hall–Kier alpha value is -3.67. The van der Waals surface area contributed by atoms with Crippen molar-refractivity contribution in [1.82, 2.24) is 10.3 Å². The molecule has 5 rings (SSSR count). The van der Waals surface area contributed by atoms with E-state index in [4.69, 9.17) is 4.42 Å². The number of hydrazone groups is 1. The molecular formula is C24H21N3O3. The first kappa shape index (κ1) is 18.4. The van der Waals surface area contributed by atoms with Crippen molar-refractivity contribution >= 4 is 18.2 Å². The summed E-state index contributed by atoms with van der Waals surface area (Å²) in [7, 11) is 0. The molecule has 3 aromatic rings. The number of amides is 3. The van der Waals surface area contributed by atoms with Crippen LogP contribution in [0.5, 0.6) is 0 Å². The second-order valence-electron chi connectivity index (χ2n) is 7.83. The molecule has 1 aliphatic carbocycles. The van der Waals surface area contributed by atoms with Crippen molar-refractivity contribution in [3.63, 3.8) is 0 Å². The van der Waals surface area contributed by atoms with Crippen LogP contribution in [0.4, 0.5) is 4.79 Å². The first-order valence-corrected chi connectivity index (χ1v) is 10.0. The molecule has 1 aromatic heterocycles. The van der Waals surface area contributed by atoms with E-state index >= 15 is 0 Å². The van der Waals surface area contributed by atoms with Gasteiger partial charge in [0.05, 0.1) is 6.21 Å². The number of carbonyl (C=O) groups excluding carboxylic acids is 2. The van der Waals surface area contributed by atoms with Crippen LogP contribution in [0.3, 0.4) is 0 Å². The Morgan fingerprint density at radius 2 is 1.60 bits per heavy atom. The number of imide groups is 1. The highest BCUT2D eigenvalue weighted by atomic mass is 16.3. The van der Waals surface area contributed by atoms with E-state index in [2.05, 4.69) is 17.3 Å². The van der Waals surface area contributed by atoms with E-state index in [0.717, 1.165) is 17.2 Å². The lowest BCUT2D eigenvalue weighted by atomic mass is 9.83. The summed E-state index contributed by atoms with van der Waals surface area (Å²) in [4.78, 5) is 26.3. The Bertz CT molecular complexity index is 1080. The molecule has 2 heterocycles. The van der Waals surface area contributed by atoms with Crippen LogP contribution < -0.4 is 5.32 Å². The fourth-order valence-electron chi connectivity index (χ4n) is 4.03. The minimum atomic E-state index is -1.32. The van der Waals surface area contributed by atoms with Crippen LogP contribution in [0, 0.1) is 5.92 Å². The van der Waals surface area contributed by atoms with Crippen LogP contribution in [0.1, 0.15) is 41.9 Å². The molecule has 2 fully saturated rings. The Morgan fingerprint density at radius 3 is 2.17 bits per heavy atom. The number of urea groups is 1. The molecule has 3 amide bonds. The maximum absolute atomic E-state index is 13.5. The molecule has 1 saturated carbocycles. The highest BCUT2D eigenvalue weighted by Gasteiger charge is 2.54. The Morgan fingerprint density at radius 1 is 1.00 bits per heavy atom. The number of benzene rings is 2. The van der Waals surface area contributed by atoms with E-state index in [1.807, 2.05) is 72.8 Å². The first-order valence-electron chi connectivity index (χ1n) is 10.0. The van der Waals surface area contributed by atoms with Crippen LogP contribution in [0.2, 0.25) is 0 Å². The summed E-state index contributed by atoms with van der Waals surface area (Å²) in [6.45, 7) is 2.18. The maximum atomic E-state index is 13.5. The van der Waals surface area contributed by atoms with Crippen molar-refractivity contribution < 1.29 is 14.0 Å². The van der Waals surface area contributed by atoms with Crippen LogP contribution in [-0.4, -0.2) is 23.2 Å². The maximum Gasteiger partial charge on any atom is 0.346 e. The Kier molecular flexibility index (Phi) is 4.28. The van der Waals surface area contributed by atoms with Gasteiger partial charge in [0.15, 0.2) is 5.54 Å². The van der Waals surface area contributed by atoms with Crippen molar-refractivity contribution in [3.8, 4) is 0 Å². The van der Waals surface area contributed by atoms with Crippen LogP contribution in [-0.2, 0) is 10.3 Å². The third kappa shape index (κ3) is 2.92. The van der Waals surface area contributed by atoms with E-state index < -0.39 is 17.5 Å². The second kappa shape index (κ2) is 6.99. The molecule has 1 saturated heterocycles. The third-order valence-electron chi connectivity index (χ3n) is 5.84. The quantitative estimate of drug-likeness (QED) is 0.515. The van der Waals surface area contributed by atoms with Gasteiger partial charge in [-0.15, -0.1) is 5.01 Å². The lowest BCUT2D eigenvalue weighted by Gasteiger charge is -2.27. The largest absolute Gasteiger partial charge is 0.460 e. The number of carbonyl (C=O) groups is 2. The van der Waals surface area contributed by atoms with E-state index in [9.17, 15) is 9.59 Å². The number of hydrogen-bond donors (Lipinski definition) is 1. The minimum absolute atomic E-state index is 0.452. The monoisotopic (exact) mass is 399 g/mol. The van der Waals surface area contributed by atoms with Gasteiger partial charge in [-0.05, 0) is 35.6 Å². The van der Waals surface area contributed by atoms with Gasteiger partial charge in [0.25, 0.3) is 5.91 Å². The molecular weight excluding hydrogens is 378 g/mol. The van der Waals surface area contributed by atoms with Gasteiger partial charge in [0, 0.05) is 5.92 Å². The SMILES string of the molecule is C[C@@H]1C[C@@H]1c1ccc(/C=N\N2C(=O)NC(c3ccccc3)(c3ccccc3)C2=O)o1. The van der Waals surface area contributed by atoms with Gasteiger partial charge in [-0.1, -0.05) is 67.6 Å². The molecule has 2 aromatic carbocycles. The summed E-state index contributed by atoms with van der Waals surface area (Å²) in [5.74, 6) is 2.06. The zero-order chi connectivity index (χ0) is 20.7. The van der Waals surface area contributed by atoms with Gasteiger partial charge < -0.3 is 9.73 Å². The summed E-state index contributed by atoms with van der Waals surface area (Å²) in [5, 5.41) is 7.91. The number of hydrogen-bond acceptors (Lipinski definition) is 4. The van der Waals surface area contributed by atoms with Crippen molar-refractivity contribution in [1.29, 1.82) is 0 Å². The summed E-state index contributed by atoms with van der Waals surface area (Å²) < 4.78 is 5.81. The number of rotatable bonds is 5. The predicted molar refractivity (Wildman–Crippen MR) is 112 cm³/mol. The molecule has 0 unspecified atom stereocenters. The summed E-state index contributed by atoms with van der Waals surface area (Å²) in [5.41, 5.74) is 0.0276. The first-order chi connectivity index (χ1) is 14.6. The summed E-state index contributed by atoms with van der Waals surface area (Å²) in [6, 6.07) is 21.6. The summed E-state index contributed by atoms with van der Waals surface area (Å²) >= 11 is 0. The second-order valence-corrected chi connectivity index (χ2v) is 7.83. The smallest absolute Gasteiger partial charge is 0.346 e. The van der Waals surface area contributed by atoms with Crippen molar-refractivity contribution in [2.24, 2.45) is 11.0 Å². The van der Waals surface area contributed by atoms with Gasteiger partial charge in [-0.2, -0.15) is 5.10 Å². The molecule has 2 aliphatic rings. The van der Waals surface area contributed by atoms with Crippen molar-refractivity contribution in [2.45, 2.75) is 24.8 Å². The van der Waals surface area contributed by atoms with Crippen LogP contribution >= 0.6 is 0 Å². The molecule has 0 spiro atoms. The molecule has 6 heteroatoms. The number of furan rings is 1. The molecule has 30 heavy (non-hydrogen) atoms. The predicted octanol–water partition coefficient (Wildman–Crippen LogP) is 4.23. The standard InChI is InChI=1S/C24H21N3O3/c1-16-14-20(16)21-13-12-19(30-21)15-25-27-22(28)24(26-23(27)29,17-8-4-2-5-9-17)18-10-6-3-7-11-18/h2-13,15-16,20H,14H2,1H3,(H,26,29)/b25-15-/t16-,20+/m1/s1. The molecule has 1 aliphatic heterocycles. The fourth-order valence-corrected chi connectivity index (χ4v) is 4.03. The van der Waals surface area contributed by atoms with Gasteiger partial charge in [0.2, 0.25) is 0 Å². The highest BCUT2D eigenvalue weighted by Crippen LogP contribution is 2.47. The number of nitrogens with one attached hydrogen (secondary N) is 1. The molecule has 6 nitrogen and oxygen atoms in total. The zero-order valence-electron chi connectivity index (χ0n) is 16.5. The topological polar surface area (TPSA) is 74.9 Å². The molecule has 2 atom stereocenters. The van der Waals surface area contributed by atoms with Gasteiger partial charge in [0.1, 0.15) is 11.5 Å². The van der Waals surface area contributed by atoms with Crippen molar-refractivity contribution in [3.05, 3.63) is 95.4 Å². The van der Waals surface area contributed by atoms with E-state index in [1.165, 1.54) is 6.21 Å². The lowest BCUT2D eigenvalue weighted by Crippen LogP contribution is -2.44. The average Bonchev–Trinajstić information content (AvgIpc) is 3.21. The fraction of sp³-hybridized carbons (Fsp3) is 0.208. The van der Waals surface area contributed by atoms with E-state index in [0.29, 0.717) is 28.7 Å². The molecule has 0 bridgehead atoms. The molecule has 150 valence electrons. The zero-order valence-corrected chi connectivity index (χ0v) is 16.5. The molecule has 0 radical (unpaired) electrons. The number of nitrogens with zero attached hydrogens (tertiary/aromatic N) is 2. The average molecular weight is 399 g/mol. The van der Waals surface area contributed by atoms with E-state index in [1.54, 1.807) is 0 Å². The normalized spacial score (nSPS) is 22.5. The Labute approximate surface area is 174 Å². The van der Waals surface area contributed by atoms with E-state index in [-0.39, 0.29) is 0 Å².